The molecule has 1 N–H and O–H groups in total. The van der Waals surface area contributed by atoms with Crippen LogP contribution in [0.5, 0.6) is 17.2 Å². The Morgan fingerprint density at radius 1 is 1.10 bits per heavy atom. The fourth-order valence-electron chi connectivity index (χ4n) is 3.93. The third-order valence-electron chi connectivity index (χ3n) is 5.90. The minimum Gasteiger partial charge on any atom is -0.491 e. The van der Waals surface area contributed by atoms with Gasteiger partial charge in [-0.15, -0.1) is 5.10 Å². The van der Waals surface area contributed by atoms with Gasteiger partial charge in [0.05, 0.1) is 11.1 Å². The number of nitrogens with zero attached hydrogens (tertiary/aromatic N) is 3. The molecule has 4 rings (SSSR count). The Morgan fingerprint density at radius 3 is 2.41 bits per heavy atom. The number of ether oxygens (including phenoxy) is 3. The van der Waals surface area contributed by atoms with E-state index in [1.165, 1.54) is 19.2 Å². The maximum Gasteiger partial charge on any atom is 0.435 e. The second-order valence-electron chi connectivity index (χ2n) is 11.2. The first-order valence-electron chi connectivity index (χ1n) is 13.4. The number of hydrogen-bond donors (Lipinski definition) is 1. The molecule has 0 unspecified atom stereocenters. The van der Waals surface area contributed by atoms with E-state index in [1.54, 1.807) is 62.1 Å². The van der Waals surface area contributed by atoms with Gasteiger partial charge in [-0.1, -0.05) is 11.6 Å². The minimum atomic E-state index is -0.688. The van der Waals surface area contributed by atoms with Crippen molar-refractivity contribution in [1.29, 1.82) is 0 Å². The standard InChI is InChI=1S/C30H35ClN4O6/c1-18(2)39-23-13-21(28(37)32-27-11-12-35(33-27)29(38)41-30(4,5)6)14-24(16-23)40-26-10-9-22(15-25(26)31)34(19(3)36)17-20-7-8-20/h9-16,18,20H,7-8,17H2,1-6H3,(H,32,33,37). The van der Waals surface area contributed by atoms with Crippen LogP contribution in [0.2, 0.25) is 5.02 Å². The van der Waals surface area contributed by atoms with Crippen LogP contribution in [-0.2, 0) is 9.53 Å². The molecular weight excluding hydrogens is 548 g/mol. The summed E-state index contributed by atoms with van der Waals surface area (Å²) < 4.78 is 18.2. The van der Waals surface area contributed by atoms with Crippen molar-refractivity contribution < 1.29 is 28.6 Å². The molecule has 3 aromatic rings. The Kier molecular flexibility index (Phi) is 8.92. The highest BCUT2D eigenvalue weighted by Gasteiger charge is 2.27. The normalized spacial score (nSPS) is 13.1. The zero-order valence-corrected chi connectivity index (χ0v) is 24.8. The number of halogens is 1. The highest BCUT2D eigenvalue weighted by Crippen LogP contribution is 2.37. The number of nitrogens with one attached hydrogen (secondary N) is 1. The van der Waals surface area contributed by atoms with Gasteiger partial charge in [-0.2, -0.15) is 4.68 Å². The summed E-state index contributed by atoms with van der Waals surface area (Å²) in [5.41, 5.74) is 0.251. The maximum absolute atomic E-state index is 13.2. The van der Waals surface area contributed by atoms with Gasteiger partial charge in [0.2, 0.25) is 5.91 Å². The van der Waals surface area contributed by atoms with Crippen molar-refractivity contribution in [2.24, 2.45) is 5.92 Å². The topological polar surface area (TPSA) is 112 Å². The van der Waals surface area contributed by atoms with Crippen LogP contribution in [0, 0.1) is 5.92 Å². The fourth-order valence-corrected chi connectivity index (χ4v) is 4.15. The third kappa shape index (κ3) is 8.47. The van der Waals surface area contributed by atoms with E-state index in [0.717, 1.165) is 17.5 Å². The molecule has 0 bridgehead atoms. The van der Waals surface area contributed by atoms with Crippen LogP contribution < -0.4 is 19.7 Å². The first-order chi connectivity index (χ1) is 19.3. The van der Waals surface area contributed by atoms with Gasteiger partial charge in [-0.3, -0.25) is 9.59 Å². The van der Waals surface area contributed by atoms with E-state index < -0.39 is 17.6 Å². The fraction of sp³-hybridized carbons (Fsp3) is 0.400. The highest BCUT2D eigenvalue weighted by atomic mass is 35.5. The molecule has 1 aromatic heterocycles. The lowest BCUT2D eigenvalue weighted by atomic mass is 10.2. The summed E-state index contributed by atoms with van der Waals surface area (Å²) in [6.45, 7) is 11.2. The van der Waals surface area contributed by atoms with Crippen LogP contribution in [0.15, 0.2) is 48.7 Å². The summed E-state index contributed by atoms with van der Waals surface area (Å²) in [5.74, 6) is 1.25. The smallest absolute Gasteiger partial charge is 0.435 e. The van der Waals surface area contributed by atoms with Gasteiger partial charge < -0.3 is 24.4 Å². The van der Waals surface area contributed by atoms with E-state index in [1.807, 2.05) is 13.8 Å². The molecular formula is C30H35ClN4O6. The highest BCUT2D eigenvalue weighted by molar-refractivity contribution is 6.32. The molecule has 10 nitrogen and oxygen atoms in total. The van der Waals surface area contributed by atoms with E-state index in [9.17, 15) is 14.4 Å². The van der Waals surface area contributed by atoms with Crippen molar-refractivity contribution in [3.05, 3.63) is 59.2 Å². The largest absolute Gasteiger partial charge is 0.491 e. The maximum atomic E-state index is 13.2. The van der Waals surface area contributed by atoms with Crippen molar-refractivity contribution in [3.63, 3.8) is 0 Å². The monoisotopic (exact) mass is 582 g/mol. The van der Waals surface area contributed by atoms with Crippen molar-refractivity contribution >= 4 is 41.0 Å². The molecule has 0 aliphatic heterocycles. The number of anilines is 2. The first-order valence-corrected chi connectivity index (χ1v) is 13.8. The molecule has 0 radical (unpaired) electrons. The molecule has 2 amide bonds. The number of carbonyl (C=O) groups excluding carboxylic acids is 3. The molecule has 1 saturated carbocycles. The van der Waals surface area contributed by atoms with Gasteiger partial charge in [0.15, 0.2) is 5.82 Å². The summed E-state index contributed by atoms with van der Waals surface area (Å²) in [6, 6.07) is 11.5. The first kappa shape index (κ1) is 29.9. The second-order valence-corrected chi connectivity index (χ2v) is 11.6. The molecule has 218 valence electrons. The lowest BCUT2D eigenvalue weighted by Gasteiger charge is -2.22. The van der Waals surface area contributed by atoms with E-state index >= 15 is 0 Å². The zero-order valence-electron chi connectivity index (χ0n) is 24.1. The number of benzene rings is 2. The lowest BCUT2D eigenvalue weighted by Crippen LogP contribution is -2.30. The zero-order chi connectivity index (χ0) is 29.9. The molecule has 1 fully saturated rings. The van der Waals surface area contributed by atoms with Crippen LogP contribution in [0.1, 0.15) is 64.7 Å². The van der Waals surface area contributed by atoms with Crippen molar-refractivity contribution in [2.45, 2.75) is 66.1 Å². The van der Waals surface area contributed by atoms with Crippen LogP contribution in [0.4, 0.5) is 16.3 Å². The van der Waals surface area contributed by atoms with E-state index in [0.29, 0.717) is 40.4 Å². The van der Waals surface area contributed by atoms with Gasteiger partial charge in [0, 0.05) is 43.0 Å². The Morgan fingerprint density at radius 2 is 1.80 bits per heavy atom. The Hall–Kier alpha value is -4.05. The lowest BCUT2D eigenvalue weighted by molar-refractivity contribution is -0.116. The third-order valence-corrected chi connectivity index (χ3v) is 6.19. The average molecular weight is 583 g/mol. The van der Waals surface area contributed by atoms with Gasteiger partial charge in [0.1, 0.15) is 22.8 Å². The van der Waals surface area contributed by atoms with Gasteiger partial charge in [-0.05, 0) is 83.7 Å². The summed E-state index contributed by atoms with van der Waals surface area (Å²) in [4.78, 5) is 39.4. The van der Waals surface area contributed by atoms with Crippen LogP contribution in [0.25, 0.3) is 0 Å². The van der Waals surface area contributed by atoms with Crippen molar-refractivity contribution in [3.8, 4) is 17.2 Å². The van der Waals surface area contributed by atoms with Gasteiger partial charge in [-0.25, -0.2) is 4.79 Å². The summed E-state index contributed by atoms with van der Waals surface area (Å²) in [5, 5.41) is 7.09. The van der Waals surface area contributed by atoms with Crippen molar-refractivity contribution in [1.82, 2.24) is 9.78 Å². The van der Waals surface area contributed by atoms with Crippen LogP contribution in [0.3, 0.4) is 0 Å². The molecule has 1 aliphatic carbocycles. The summed E-state index contributed by atoms with van der Waals surface area (Å²) in [7, 11) is 0. The molecule has 1 aliphatic rings. The van der Waals surface area contributed by atoms with Crippen molar-refractivity contribution in [2.75, 3.05) is 16.8 Å². The van der Waals surface area contributed by atoms with Crippen LogP contribution in [-0.4, -0.2) is 45.9 Å². The quantitative estimate of drug-likeness (QED) is 0.291. The SMILES string of the molecule is CC(=O)N(CC1CC1)c1ccc(Oc2cc(OC(C)C)cc(C(=O)Nc3ccn(C(=O)OC(C)(C)C)n3)c2)c(Cl)c1. The predicted octanol–water partition coefficient (Wildman–Crippen LogP) is 6.91. The molecule has 0 saturated heterocycles. The Bertz CT molecular complexity index is 1440. The summed E-state index contributed by atoms with van der Waals surface area (Å²) >= 11 is 6.56. The van der Waals surface area contributed by atoms with Crippen LogP contribution >= 0.6 is 11.6 Å². The predicted molar refractivity (Wildman–Crippen MR) is 156 cm³/mol. The number of hydrogen-bond acceptors (Lipinski definition) is 7. The molecule has 0 spiro atoms. The number of rotatable bonds is 9. The van der Waals surface area contributed by atoms with Gasteiger partial charge >= 0.3 is 6.09 Å². The van der Waals surface area contributed by atoms with E-state index in [4.69, 9.17) is 25.8 Å². The number of aromatic nitrogens is 2. The molecule has 2 aromatic carbocycles. The van der Waals surface area contributed by atoms with E-state index in [-0.39, 0.29) is 23.4 Å². The number of amides is 2. The second kappa shape index (κ2) is 12.2. The Labute approximate surface area is 244 Å². The molecule has 1 heterocycles. The number of carbonyl (C=O) groups is 3. The molecule has 11 heteroatoms. The molecule has 41 heavy (non-hydrogen) atoms. The van der Waals surface area contributed by atoms with Gasteiger partial charge in [0.25, 0.3) is 5.91 Å². The Balaban J connectivity index is 1.53. The van der Waals surface area contributed by atoms with E-state index in [2.05, 4.69) is 10.4 Å². The summed E-state index contributed by atoms with van der Waals surface area (Å²) in [6.07, 6.45) is 2.82. The molecule has 0 atom stereocenters. The minimum absolute atomic E-state index is 0.0493. The average Bonchev–Trinajstić information content (AvgIpc) is 3.57.